The Balaban J connectivity index is 2.42. The van der Waals surface area contributed by atoms with E-state index in [1.807, 2.05) is 60.7 Å². The Labute approximate surface area is 118 Å². The van der Waals surface area contributed by atoms with Crippen LogP contribution in [0.3, 0.4) is 0 Å². The Morgan fingerprint density at radius 1 is 1.00 bits per heavy atom. The van der Waals surface area contributed by atoms with E-state index in [2.05, 4.69) is 0 Å². The van der Waals surface area contributed by atoms with Gasteiger partial charge < -0.3 is 9.67 Å². The lowest BCUT2D eigenvalue weighted by Gasteiger charge is -2.19. The molecule has 0 saturated heterocycles. The maximum atomic E-state index is 13.4. The first kappa shape index (κ1) is 14.4. The summed E-state index contributed by atoms with van der Waals surface area (Å²) in [5, 5.41) is 11.1. The van der Waals surface area contributed by atoms with E-state index in [0.717, 1.165) is 10.6 Å². The molecule has 100 valence electrons. The Hall–Kier alpha value is -1.02. The molecule has 1 unspecified atom stereocenters. The van der Waals surface area contributed by atoms with Gasteiger partial charge in [0.15, 0.2) is 6.34 Å². The lowest BCUT2D eigenvalue weighted by Crippen LogP contribution is -2.15. The second-order valence-corrected chi connectivity index (χ2v) is 9.41. The highest BCUT2D eigenvalue weighted by molar-refractivity contribution is 8.62. The van der Waals surface area contributed by atoms with Gasteiger partial charge in [-0.3, -0.25) is 0 Å². The minimum absolute atomic E-state index is 0.459. The van der Waals surface area contributed by atoms with Crippen LogP contribution in [0.5, 0.6) is 0 Å². The third-order valence-electron chi connectivity index (χ3n) is 2.69. The molecule has 0 aromatic heterocycles. The van der Waals surface area contributed by atoms with Crippen LogP contribution in [0.1, 0.15) is 6.92 Å². The highest BCUT2D eigenvalue weighted by Crippen LogP contribution is 2.56. The second kappa shape index (κ2) is 6.42. The van der Waals surface area contributed by atoms with Crippen molar-refractivity contribution >= 4 is 28.3 Å². The Morgan fingerprint density at radius 2 is 1.42 bits per heavy atom. The van der Waals surface area contributed by atoms with Gasteiger partial charge in [-0.05, 0) is 6.92 Å². The minimum atomic E-state index is -2.72. The van der Waals surface area contributed by atoms with E-state index in [9.17, 15) is 9.67 Å². The molecule has 0 aliphatic rings. The van der Waals surface area contributed by atoms with Crippen molar-refractivity contribution in [1.82, 2.24) is 0 Å². The largest absolute Gasteiger partial charge is 0.393 e. The molecule has 19 heavy (non-hydrogen) atoms. The van der Waals surface area contributed by atoms with Crippen LogP contribution in [0, 0.1) is 0 Å². The zero-order valence-electron chi connectivity index (χ0n) is 10.8. The van der Waals surface area contributed by atoms with Gasteiger partial charge in [-0.25, -0.2) is 0 Å². The van der Waals surface area contributed by atoms with Crippen LogP contribution in [0.25, 0.3) is 0 Å². The van der Waals surface area contributed by atoms with Crippen LogP contribution in [0.4, 0.5) is 0 Å². The van der Waals surface area contributed by atoms with Gasteiger partial charge >= 0.3 is 0 Å². The standard InChI is InChI=1S/C15H17O2PS/c1-13(16)12-19-18(17,14-8-4-2-5-9-14)15-10-6-3-7-11-15/h2-11,13,16H,12H2,1H3. The third-order valence-corrected chi connectivity index (χ3v) is 8.44. The summed E-state index contributed by atoms with van der Waals surface area (Å²) in [6.45, 7) is 1.72. The summed E-state index contributed by atoms with van der Waals surface area (Å²) < 4.78 is 13.4. The van der Waals surface area contributed by atoms with Gasteiger partial charge in [0, 0.05) is 16.4 Å². The molecule has 1 atom stereocenters. The molecule has 0 spiro atoms. The molecule has 0 fully saturated rings. The molecule has 0 aliphatic carbocycles. The molecule has 0 bridgehead atoms. The lowest BCUT2D eigenvalue weighted by molar-refractivity contribution is 0.220. The van der Waals surface area contributed by atoms with Crippen LogP contribution >= 0.6 is 17.7 Å². The number of rotatable bonds is 5. The Morgan fingerprint density at radius 3 is 1.79 bits per heavy atom. The van der Waals surface area contributed by atoms with Gasteiger partial charge in [0.25, 0.3) is 0 Å². The number of aliphatic hydroxyl groups is 1. The van der Waals surface area contributed by atoms with Gasteiger partial charge in [-0.2, -0.15) is 0 Å². The van der Waals surface area contributed by atoms with E-state index in [1.54, 1.807) is 6.92 Å². The van der Waals surface area contributed by atoms with Gasteiger partial charge in [0.1, 0.15) is 0 Å². The van der Waals surface area contributed by atoms with Crippen LogP contribution in [0.2, 0.25) is 0 Å². The fraction of sp³-hybridized carbons (Fsp3) is 0.200. The van der Waals surface area contributed by atoms with Crippen LogP contribution < -0.4 is 10.6 Å². The van der Waals surface area contributed by atoms with Crippen molar-refractivity contribution in [3.05, 3.63) is 60.7 Å². The van der Waals surface area contributed by atoms with Crippen molar-refractivity contribution in [1.29, 1.82) is 0 Å². The molecule has 0 amide bonds. The van der Waals surface area contributed by atoms with E-state index in [-0.39, 0.29) is 0 Å². The topological polar surface area (TPSA) is 37.3 Å². The first-order valence-electron chi connectivity index (χ1n) is 6.17. The summed E-state index contributed by atoms with van der Waals surface area (Å²) >= 11 is 1.34. The predicted octanol–water partition coefficient (Wildman–Crippen LogP) is 3.03. The first-order chi connectivity index (χ1) is 9.13. The molecule has 2 aromatic carbocycles. The van der Waals surface area contributed by atoms with E-state index < -0.39 is 12.4 Å². The van der Waals surface area contributed by atoms with E-state index in [1.165, 1.54) is 11.4 Å². The van der Waals surface area contributed by atoms with Crippen molar-refractivity contribution in [2.24, 2.45) is 0 Å². The molecule has 2 rings (SSSR count). The fourth-order valence-electron chi connectivity index (χ4n) is 1.76. The van der Waals surface area contributed by atoms with Crippen molar-refractivity contribution < 1.29 is 9.67 Å². The zero-order valence-corrected chi connectivity index (χ0v) is 12.5. The molecule has 2 aromatic rings. The van der Waals surface area contributed by atoms with E-state index in [4.69, 9.17) is 0 Å². The average molecular weight is 292 g/mol. The minimum Gasteiger partial charge on any atom is -0.393 e. The van der Waals surface area contributed by atoms with Gasteiger partial charge in [-0.15, -0.1) is 0 Å². The van der Waals surface area contributed by atoms with Crippen molar-refractivity contribution in [3.8, 4) is 0 Å². The van der Waals surface area contributed by atoms with Gasteiger partial charge in [0.2, 0.25) is 0 Å². The van der Waals surface area contributed by atoms with Crippen molar-refractivity contribution in [3.63, 3.8) is 0 Å². The molecule has 4 heteroatoms. The number of hydrogen-bond acceptors (Lipinski definition) is 3. The van der Waals surface area contributed by atoms with Crippen LogP contribution in [-0.4, -0.2) is 17.0 Å². The maximum Gasteiger partial charge on any atom is 0.195 e. The molecule has 2 nitrogen and oxygen atoms in total. The smallest absolute Gasteiger partial charge is 0.195 e. The Bertz CT molecular complexity index is 511. The summed E-state index contributed by atoms with van der Waals surface area (Å²) in [6, 6.07) is 19.0. The molecule has 0 heterocycles. The monoisotopic (exact) mass is 292 g/mol. The Kier molecular flexibility index (Phi) is 4.87. The maximum absolute atomic E-state index is 13.4. The van der Waals surface area contributed by atoms with E-state index >= 15 is 0 Å². The highest BCUT2D eigenvalue weighted by atomic mass is 32.7. The SMILES string of the molecule is CC(O)CSP(=O)(c1ccccc1)c1ccccc1. The zero-order chi connectivity index (χ0) is 13.7. The fourth-order valence-corrected chi connectivity index (χ4v) is 6.81. The number of hydrogen-bond donors (Lipinski definition) is 1. The predicted molar refractivity (Wildman–Crippen MR) is 83.9 cm³/mol. The molecule has 1 N–H and O–H groups in total. The summed E-state index contributed by atoms with van der Waals surface area (Å²) in [4.78, 5) is 0. The lowest BCUT2D eigenvalue weighted by atomic mass is 10.4. The summed E-state index contributed by atoms with van der Waals surface area (Å²) in [5.41, 5.74) is 0. The molecule has 0 radical (unpaired) electrons. The first-order valence-corrected chi connectivity index (χ1v) is 9.46. The summed E-state index contributed by atoms with van der Waals surface area (Å²) in [6.07, 6.45) is -3.19. The van der Waals surface area contributed by atoms with Crippen molar-refractivity contribution in [2.45, 2.75) is 13.0 Å². The molecular formula is C15H17O2PS. The third kappa shape index (κ3) is 3.50. The molecule has 0 aliphatic heterocycles. The van der Waals surface area contributed by atoms with Crippen LogP contribution in [0.15, 0.2) is 60.7 Å². The number of aliphatic hydroxyl groups excluding tert-OH is 1. The average Bonchev–Trinajstić information content (AvgIpc) is 2.46. The summed E-state index contributed by atoms with van der Waals surface area (Å²) in [5.74, 6) is 0.459. The van der Waals surface area contributed by atoms with Gasteiger partial charge in [-0.1, -0.05) is 72.0 Å². The quantitative estimate of drug-likeness (QED) is 0.861. The molecular weight excluding hydrogens is 275 g/mol. The van der Waals surface area contributed by atoms with E-state index in [0.29, 0.717) is 5.75 Å². The molecule has 0 saturated carbocycles. The second-order valence-electron chi connectivity index (χ2n) is 4.37. The summed E-state index contributed by atoms with van der Waals surface area (Å²) in [7, 11) is 0. The van der Waals surface area contributed by atoms with Crippen LogP contribution in [-0.2, 0) is 4.57 Å². The highest BCUT2D eigenvalue weighted by Gasteiger charge is 2.28. The number of benzene rings is 2. The normalized spacial score (nSPS) is 13.2. The van der Waals surface area contributed by atoms with Crippen molar-refractivity contribution in [2.75, 3.05) is 5.75 Å². The van der Waals surface area contributed by atoms with Gasteiger partial charge in [0.05, 0.1) is 6.10 Å².